The zero-order valence-corrected chi connectivity index (χ0v) is 8.96. The molecule has 0 aliphatic rings. The molecule has 0 bridgehead atoms. The van der Waals surface area contributed by atoms with Gasteiger partial charge in [0.1, 0.15) is 0 Å². The molecular formula is C12H20N+. The highest BCUT2D eigenvalue weighted by molar-refractivity contribution is 4.84. The van der Waals surface area contributed by atoms with Crippen LogP contribution in [0.4, 0.5) is 0 Å². The zero-order valence-electron chi connectivity index (χ0n) is 8.96. The predicted molar refractivity (Wildman–Crippen MR) is 55.5 cm³/mol. The number of rotatable bonds is 4. The lowest BCUT2D eigenvalue weighted by Gasteiger charge is -2.18. The molecule has 1 heterocycles. The molecule has 13 heavy (non-hydrogen) atoms. The van der Waals surface area contributed by atoms with Crippen LogP contribution in [0, 0.1) is 0 Å². The number of nitrogens with zero attached hydrogens (tertiary/aromatic N) is 1. The first-order valence-electron chi connectivity index (χ1n) is 5.13. The molecule has 72 valence electrons. The summed E-state index contributed by atoms with van der Waals surface area (Å²) in [5.41, 5.74) is 0.261. The van der Waals surface area contributed by atoms with Crippen molar-refractivity contribution in [1.82, 2.24) is 0 Å². The number of aromatic nitrogens is 1. The summed E-state index contributed by atoms with van der Waals surface area (Å²) in [6.45, 7) is 6.83. The molecule has 0 radical (unpaired) electrons. The van der Waals surface area contributed by atoms with Crippen molar-refractivity contribution in [2.45, 2.75) is 45.6 Å². The van der Waals surface area contributed by atoms with Crippen molar-refractivity contribution in [3.05, 3.63) is 30.6 Å². The van der Waals surface area contributed by atoms with Gasteiger partial charge in [0, 0.05) is 32.4 Å². The van der Waals surface area contributed by atoms with Crippen LogP contribution in [-0.2, 0) is 5.54 Å². The van der Waals surface area contributed by atoms with Gasteiger partial charge in [0.2, 0.25) is 0 Å². The molecule has 0 fully saturated rings. The Morgan fingerprint density at radius 1 is 1.08 bits per heavy atom. The van der Waals surface area contributed by atoms with Crippen molar-refractivity contribution < 1.29 is 4.57 Å². The van der Waals surface area contributed by atoms with Gasteiger partial charge in [0.25, 0.3) is 0 Å². The first-order chi connectivity index (χ1) is 6.17. The quantitative estimate of drug-likeness (QED) is 0.624. The minimum absolute atomic E-state index is 0.261. The molecule has 1 aromatic heterocycles. The zero-order chi connectivity index (χ0) is 9.73. The summed E-state index contributed by atoms with van der Waals surface area (Å²) in [4.78, 5) is 0. The second-order valence-electron chi connectivity index (χ2n) is 4.20. The summed E-state index contributed by atoms with van der Waals surface area (Å²) in [6.07, 6.45) is 8.12. The summed E-state index contributed by atoms with van der Waals surface area (Å²) in [5, 5.41) is 0. The maximum atomic E-state index is 2.29. The maximum Gasteiger partial charge on any atom is 0.169 e. The average Bonchev–Trinajstić information content (AvgIpc) is 2.16. The molecule has 0 saturated carbocycles. The highest BCUT2D eigenvalue weighted by Crippen LogP contribution is 2.14. The molecule has 0 amide bonds. The normalized spacial score (nSPS) is 11.6. The number of hydrogen-bond acceptors (Lipinski definition) is 0. The number of hydrogen-bond donors (Lipinski definition) is 0. The molecule has 0 unspecified atom stereocenters. The van der Waals surface area contributed by atoms with Gasteiger partial charge in [0.05, 0.1) is 0 Å². The van der Waals surface area contributed by atoms with Gasteiger partial charge in [0.15, 0.2) is 17.9 Å². The van der Waals surface area contributed by atoms with E-state index < -0.39 is 0 Å². The highest BCUT2D eigenvalue weighted by Gasteiger charge is 2.26. The summed E-state index contributed by atoms with van der Waals surface area (Å²) < 4.78 is 2.29. The lowest BCUT2D eigenvalue weighted by Crippen LogP contribution is -2.51. The van der Waals surface area contributed by atoms with Crippen LogP contribution in [0.3, 0.4) is 0 Å². The van der Waals surface area contributed by atoms with Crippen molar-refractivity contribution in [2.75, 3.05) is 0 Å². The van der Waals surface area contributed by atoms with Gasteiger partial charge in [-0.15, -0.1) is 0 Å². The van der Waals surface area contributed by atoms with E-state index in [-0.39, 0.29) is 5.54 Å². The Morgan fingerprint density at radius 2 is 1.69 bits per heavy atom. The van der Waals surface area contributed by atoms with E-state index in [1.54, 1.807) is 0 Å². The molecule has 1 aromatic rings. The average molecular weight is 178 g/mol. The van der Waals surface area contributed by atoms with Crippen LogP contribution in [0.5, 0.6) is 0 Å². The first kappa shape index (κ1) is 10.2. The second-order valence-corrected chi connectivity index (χ2v) is 4.20. The third kappa shape index (κ3) is 2.83. The van der Waals surface area contributed by atoms with Gasteiger partial charge in [-0.25, -0.2) is 4.57 Å². The van der Waals surface area contributed by atoms with E-state index in [1.807, 2.05) is 0 Å². The van der Waals surface area contributed by atoms with E-state index in [2.05, 4.69) is 55.9 Å². The molecule has 1 rings (SSSR count). The molecule has 0 aromatic carbocycles. The molecule has 1 nitrogen and oxygen atoms in total. The lowest BCUT2D eigenvalue weighted by molar-refractivity contribution is -0.758. The number of unbranched alkanes of at least 4 members (excludes halogenated alkanes) is 1. The van der Waals surface area contributed by atoms with Crippen molar-refractivity contribution in [2.24, 2.45) is 0 Å². The largest absolute Gasteiger partial charge is 0.200 e. The standard InChI is InChI=1S/C12H20N/c1-4-5-9-12(2,3)13-10-7-6-8-11-13/h6-8,10-11H,4-5,9H2,1-3H3/q+1. The Labute approximate surface area is 81.4 Å². The summed E-state index contributed by atoms with van der Waals surface area (Å²) in [7, 11) is 0. The third-order valence-electron chi connectivity index (χ3n) is 2.56. The fourth-order valence-electron chi connectivity index (χ4n) is 1.54. The van der Waals surface area contributed by atoms with E-state index in [1.165, 1.54) is 19.3 Å². The molecule has 0 aliphatic carbocycles. The smallest absolute Gasteiger partial charge is 0.169 e. The van der Waals surface area contributed by atoms with E-state index in [4.69, 9.17) is 0 Å². The molecule has 0 atom stereocenters. The Balaban J connectivity index is 2.69. The van der Waals surface area contributed by atoms with Crippen LogP contribution >= 0.6 is 0 Å². The minimum atomic E-state index is 0.261. The Morgan fingerprint density at radius 3 is 2.23 bits per heavy atom. The van der Waals surface area contributed by atoms with Crippen LogP contribution in [0.15, 0.2) is 30.6 Å². The van der Waals surface area contributed by atoms with Crippen molar-refractivity contribution in [3.63, 3.8) is 0 Å². The fourth-order valence-corrected chi connectivity index (χ4v) is 1.54. The molecule has 0 aliphatic heterocycles. The Kier molecular flexibility index (Phi) is 3.47. The summed E-state index contributed by atoms with van der Waals surface area (Å²) >= 11 is 0. The fraction of sp³-hybridized carbons (Fsp3) is 0.583. The molecule has 0 N–H and O–H groups in total. The van der Waals surface area contributed by atoms with E-state index in [0.29, 0.717) is 0 Å². The van der Waals surface area contributed by atoms with Crippen molar-refractivity contribution in [1.29, 1.82) is 0 Å². The lowest BCUT2D eigenvalue weighted by atomic mass is 9.97. The van der Waals surface area contributed by atoms with E-state index in [0.717, 1.165) is 0 Å². The molecule has 0 saturated heterocycles. The second kappa shape index (κ2) is 4.40. The van der Waals surface area contributed by atoms with Gasteiger partial charge in [-0.1, -0.05) is 19.4 Å². The van der Waals surface area contributed by atoms with Gasteiger partial charge >= 0.3 is 0 Å². The number of pyridine rings is 1. The van der Waals surface area contributed by atoms with Gasteiger partial charge in [-0.05, 0) is 6.42 Å². The summed E-state index contributed by atoms with van der Waals surface area (Å²) in [5.74, 6) is 0. The van der Waals surface area contributed by atoms with Crippen molar-refractivity contribution >= 4 is 0 Å². The maximum absolute atomic E-state index is 2.29. The minimum Gasteiger partial charge on any atom is -0.200 e. The monoisotopic (exact) mass is 178 g/mol. The van der Waals surface area contributed by atoms with Crippen LogP contribution in [0.1, 0.15) is 40.0 Å². The van der Waals surface area contributed by atoms with Crippen LogP contribution in [-0.4, -0.2) is 0 Å². The van der Waals surface area contributed by atoms with Gasteiger partial charge in [-0.3, -0.25) is 0 Å². The highest BCUT2D eigenvalue weighted by atomic mass is 15.0. The van der Waals surface area contributed by atoms with Crippen molar-refractivity contribution in [3.8, 4) is 0 Å². The first-order valence-corrected chi connectivity index (χ1v) is 5.13. The third-order valence-corrected chi connectivity index (χ3v) is 2.56. The van der Waals surface area contributed by atoms with E-state index >= 15 is 0 Å². The molecular weight excluding hydrogens is 158 g/mol. The van der Waals surface area contributed by atoms with Crippen LogP contribution in [0.25, 0.3) is 0 Å². The van der Waals surface area contributed by atoms with E-state index in [9.17, 15) is 0 Å². The van der Waals surface area contributed by atoms with Crippen LogP contribution in [0.2, 0.25) is 0 Å². The summed E-state index contributed by atoms with van der Waals surface area (Å²) in [6, 6.07) is 6.24. The predicted octanol–water partition coefficient (Wildman–Crippen LogP) is 2.90. The van der Waals surface area contributed by atoms with Crippen LogP contribution < -0.4 is 4.57 Å². The molecule has 1 heteroatoms. The van der Waals surface area contributed by atoms with Gasteiger partial charge in [-0.2, -0.15) is 0 Å². The van der Waals surface area contributed by atoms with Gasteiger partial charge < -0.3 is 0 Å². The Hall–Kier alpha value is -0.850. The molecule has 0 spiro atoms. The SMILES string of the molecule is CCCCC(C)(C)[n+]1ccccc1. The topological polar surface area (TPSA) is 3.88 Å². The Bertz CT molecular complexity index is 239.